The lowest BCUT2D eigenvalue weighted by Crippen LogP contribution is -2.45. The minimum atomic E-state index is -0.392. The maximum absolute atomic E-state index is 12.7. The molecule has 2 aromatic carbocycles. The Morgan fingerprint density at radius 1 is 1.00 bits per heavy atom. The second-order valence-electron chi connectivity index (χ2n) is 11.7. The minimum Gasteiger partial charge on any atom is -0.464 e. The molecule has 1 atom stereocenters. The molecular formula is C33H48BrN3O4. The van der Waals surface area contributed by atoms with E-state index >= 15 is 0 Å². The molecule has 41 heavy (non-hydrogen) atoms. The van der Waals surface area contributed by atoms with Crippen LogP contribution >= 0.6 is 15.9 Å². The molecule has 0 bridgehead atoms. The van der Waals surface area contributed by atoms with Gasteiger partial charge in [-0.2, -0.15) is 0 Å². The van der Waals surface area contributed by atoms with Crippen LogP contribution in [0.3, 0.4) is 0 Å². The lowest BCUT2D eigenvalue weighted by Gasteiger charge is -2.38. The summed E-state index contributed by atoms with van der Waals surface area (Å²) in [6, 6.07) is 11.7. The molecular weight excluding hydrogens is 582 g/mol. The zero-order valence-corrected chi connectivity index (χ0v) is 26.8. The number of carbonyl (C=O) groups is 2. The van der Waals surface area contributed by atoms with E-state index in [2.05, 4.69) is 59.5 Å². The van der Waals surface area contributed by atoms with Crippen molar-refractivity contribution in [1.29, 1.82) is 0 Å². The fraction of sp³-hybridized carbons (Fsp3) is 0.576. The largest absolute Gasteiger partial charge is 0.464 e. The summed E-state index contributed by atoms with van der Waals surface area (Å²) in [6.07, 6.45) is 8.23. The maximum Gasteiger partial charge on any atom is 0.338 e. The highest BCUT2D eigenvalue weighted by Gasteiger charge is 2.29. The summed E-state index contributed by atoms with van der Waals surface area (Å²) >= 11 is 3.51. The van der Waals surface area contributed by atoms with Gasteiger partial charge in [0.25, 0.3) is 0 Å². The van der Waals surface area contributed by atoms with Crippen LogP contribution in [0.1, 0.15) is 99.2 Å². The number of hydrogen-bond acceptors (Lipinski definition) is 7. The van der Waals surface area contributed by atoms with E-state index in [0.717, 1.165) is 24.0 Å². The van der Waals surface area contributed by atoms with Crippen molar-refractivity contribution in [2.45, 2.75) is 90.6 Å². The van der Waals surface area contributed by atoms with Crippen LogP contribution in [0.25, 0.3) is 0 Å². The molecule has 0 spiro atoms. The molecule has 0 aromatic heterocycles. The average Bonchev–Trinajstić information content (AvgIpc) is 2.97. The van der Waals surface area contributed by atoms with Crippen LogP contribution in [-0.4, -0.2) is 43.8 Å². The summed E-state index contributed by atoms with van der Waals surface area (Å²) in [4.78, 5) is 25.2. The molecule has 0 radical (unpaired) electrons. The fourth-order valence-corrected chi connectivity index (χ4v) is 5.93. The molecule has 8 heteroatoms. The highest BCUT2D eigenvalue weighted by molar-refractivity contribution is 9.10. The number of nitrogens with two attached hydrogens (primary N) is 1. The van der Waals surface area contributed by atoms with Crippen molar-refractivity contribution in [3.8, 4) is 0 Å². The Morgan fingerprint density at radius 3 is 2.29 bits per heavy atom. The van der Waals surface area contributed by atoms with Crippen molar-refractivity contribution in [3.05, 3.63) is 63.1 Å². The van der Waals surface area contributed by atoms with Gasteiger partial charge in [0.05, 0.1) is 17.2 Å². The van der Waals surface area contributed by atoms with Crippen LogP contribution in [0.4, 0.5) is 5.69 Å². The van der Waals surface area contributed by atoms with Gasteiger partial charge < -0.3 is 25.8 Å². The predicted octanol–water partition coefficient (Wildman–Crippen LogP) is 6.53. The second kappa shape index (κ2) is 16.3. The van der Waals surface area contributed by atoms with Gasteiger partial charge in [0.1, 0.15) is 13.2 Å². The molecule has 1 fully saturated rings. The van der Waals surface area contributed by atoms with Gasteiger partial charge in [0.15, 0.2) is 0 Å². The molecule has 0 saturated heterocycles. The lowest BCUT2D eigenvalue weighted by molar-refractivity contribution is -0.144. The Hall–Kier alpha value is -2.42. The van der Waals surface area contributed by atoms with E-state index in [-0.39, 0.29) is 30.6 Å². The van der Waals surface area contributed by atoms with Gasteiger partial charge in [-0.1, -0.05) is 64.3 Å². The molecule has 0 aliphatic heterocycles. The van der Waals surface area contributed by atoms with E-state index in [1.165, 1.54) is 37.7 Å². The van der Waals surface area contributed by atoms with E-state index in [0.29, 0.717) is 41.3 Å². The molecule has 0 heterocycles. The van der Waals surface area contributed by atoms with Gasteiger partial charge in [0.2, 0.25) is 0 Å². The summed E-state index contributed by atoms with van der Waals surface area (Å²) in [7, 11) is 0. The number of ether oxygens (including phenoxy) is 2. The van der Waals surface area contributed by atoms with E-state index in [1.807, 2.05) is 25.1 Å². The first kappa shape index (κ1) is 33.1. The van der Waals surface area contributed by atoms with Crippen LogP contribution in [0.5, 0.6) is 0 Å². The Labute approximate surface area is 254 Å². The maximum atomic E-state index is 12.7. The van der Waals surface area contributed by atoms with Crippen LogP contribution in [0.15, 0.2) is 40.9 Å². The number of carbonyl (C=O) groups excluding carboxylic acids is 2. The number of benzene rings is 2. The van der Waals surface area contributed by atoms with E-state index < -0.39 is 5.97 Å². The molecule has 1 aliphatic rings. The number of esters is 2. The van der Waals surface area contributed by atoms with Crippen molar-refractivity contribution < 1.29 is 19.1 Å². The van der Waals surface area contributed by atoms with Crippen LogP contribution in [0, 0.1) is 5.92 Å². The van der Waals surface area contributed by atoms with Gasteiger partial charge in [-0.25, -0.2) is 4.79 Å². The summed E-state index contributed by atoms with van der Waals surface area (Å²) in [5, 5.41) is 6.90. The number of hydrogen-bond donors (Lipinski definition) is 3. The Morgan fingerprint density at radius 2 is 1.66 bits per heavy atom. The summed E-state index contributed by atoms with van der Waals surface area (Å²) < 4.78 is 11.6. The van der Waals surface area contributed by atoms with Crippen LogP contribution in [0.2, 0.25) is 0 Å². The second-order valence-corrected chi connectivity index (χ2v) is 12.5. The molecule has 1 saturated carbocycles. The van der Waals surface area contributed by atoms with E-state index in [1.54, 1.807) is 6.07 Å². The third kappa shape index (κ3) is 10.1. The number of anilines is 1. The highest BCUT2D eigenvalue weighted by Crippen LogP contribution is 2.32. The quantitative estimate of drug-likeness (QED) is 0.117. The van der Waals surface area contributed by atoms with E-state index in [4.69, 9.17) is 15.2 Å². The van der Waals surface area contributed by atoms with Gasteiger partial charge in [-0.3, -0.25) is 4.79 Å². The third-order valence-electron chi connectivity index (χ3n) is 8.10. The van der Waals surface area contributed by atoms with Crippen molar-refractivity contribution in [2.24, 2.45) is 5.92 Å². The number of nitrogens with one attached hydrogen (secondary N) is 2. The van der Waals surface area contributed by atoms with Gasteiger partial charge >= 0.3 is 11.9 Å². The van der Waals surface area contributed by atoms with Crippen molar-refractivity contribution in [3.63, 3.8) is 0 Å². The summed E-state index contributed by atoms with van der Waals surface area (Å²) in [5.41, 5.74) is 10.7. The molecule has 3 rings (SSSR count). The minimum absolute atomic E-state index is 0.143. The highest BCUT2D eigenvalue weighted by atomic mass is 79.9. The molecule has 2 aromatic rings. The number of nitrogen functional groups attached to an aromatic ring is 1. The smallest absolute Gasteiger partial charge is 0.338 e. The molecule has 7 nitrogen and oxygen atoms in total. The van der Waals surface area contributed by atoms with Crippen molar-refractivity contribution >= 4 is 33.6 Å². The summed E-state index contributed by atoms with van der Waals surface area (Å²) in [5.74, 6) is -0.365. The molecule has 1 aliphatic carbocycles. The predicted molar refractivity (Wildman–Crippen MR) is 169 cm³/mol. The Bertz CT molecular complexity index is 1130. The molecule has 4 N–H and O–H groups in total. The van der Waals surface area contributed by atoms with Gasteiger partial charge in [-0.05, 0) is 83.3 Å². The SMILES string of the molecule is CCC1(NCc2cc(C(=O)OCCNCCOC(=O)C(C)c3ccc(CC(C)C)cc3)cc(Br)c2N)CCCCC1. The molecule has 226 valence electrons. The Balaban J connectivity index is 1.37. The first-order valence-electron chi connectivity index (χ1n) is 15.1. The van der Waals surface area contributed by atoms with Crippen LogP contribution < -0.4 is 16.4 Å². The van der Waals surface area contributed by atoms with Gasteiger partial charge in [0, 0.05) is 29.6 Å². The first-order valence-corrected chi connectivity index (χ1v) is 15.9. The summed E-state index contributed by atoms with van der Waals surface area (Å²) in [6.45, 7) is 10.5. The van der Waals surface area contributed by atoms with E-state index in [9.17, 15) is 9.59 Å². The molecule has 1 unspecified atom stereocenters. The number of halogens is 1. The average molecular weight is 631 g/mol. The monoisotopic (exact) mass is 629 g/mol. The Kier molecular flexibility index (Phi) is 13.1. The van der Waals surface area contributed by atoms with Crippen molar-refractivity contribution in [1.82, 2.24) is 10.6 Å². The third-order valence-corrected chi connectivity index (χ3v) is 8.76. The zero-order valence-electron chi connectivity index (χ0n) is 25.2. The van der Waals surface area contributed by atoms with Crippen molar-refractivity contribution in [2.75, 3.05) is 32.0 Å². The standard InChI is InChI=1S/C33H48BrN3O4/c1-5-33(13-7-6-8-14-33)37-22-28-20-27(21-29(34)30(28)35)32(39)41-18-16-36-15-17-40-31(38)24(4)26-11-9-25(10-12-26)19-23(2)3/h9-12,20-21,23-24,36-37H,5-8,13-19,22,35H2,1-4H3. The first-order chi connectivity index (χ1) is 19.6. The topological polar surface area (TPSA) is 103 Å². The number of rotatable bonds is 15. The van der Waals surface area contributed by atoms with Crippen LogP contribution in [-0.2, 0) is 27.2 Å². The lowest BCUT2D eigenvalue weighted by atomic mass is 9.79. The fourth-order valence-electron chi connectivity index (χ4n) is 5.43. The normalized spacial score (nSPS) is 15.5. The zero-order chi connectivity index (χ0) is 29.8. The molecule has 0 amide bonds. The van der Waals surface area contributed by atoms with Gasteiger partial charge in [-0.15, -0.1) is 0 Å².